The van der Waals surface area contributed by atoms with E-state index < -0.39 is 75.7 Å². The zero-order valence-electron chi connectivity index (χ0n) is 22.0. The Morgan fingerprint density at radius 1 is 0.614 bits per heavy atom. The lowest BCUT2D eigenvalue weighted by Gasteiger charge is -2.33. The molecule has 0 N–H and O–H groups in total. The summed E-state index contributed by atoms with van der Waals surface area (Å²) in [5.74, 6) is -3.90. The minimum Gasteiger partial charge on any atom is -0.267 e. The molecule has 0 aromatic heterocycles. The number of hydrogen-bond acceptors (Lipinski definition) is 1. The van der Waals surface area contributed by atoms with Crippen LogP contribution in [0.15, 0.2) is 96.0 Å². The van der Waals surface area contributed by atoms with E-state index in [1.54, 1.807) is 6.07 Å². The predicted octanol–water partition coefficient (Wildman–Crippen LogP) is 9.46. The van der Waals surface area contributed by atoms with Gasteiger partial charge in [0, 0.05) is 11.8 Å². The van der Waals surface area contributed by atoms with Crippen LogP contribution in [0.5, 0.6) is 0 Å². The van der Waals surface area contributed by atoms with Crippen molar-refractivity contribution in [3.63, 3.8) is 0 Å². The molecule has 0 saturated carbocycles. The predicted molar refractivity (Wildman–Crippen MR) is 138 cm³/mol. The fourth-order valence-electron chi connectivity index (χ4n) is 4.56. The molecule has 4 rings (SSSR count). The third kappa shape index (κ3) is 7.14. The first kappa shape index (κ1) is 32.4. The summed E-state index contributed by atoms with van der Waals surface area (Å²) in [6.07, 6.45) is -15.4. The Bertz CT molecular complexity index is 1640. The van der Waals surface area contributed by atoms with Gasteiger partial charge in [0.2, 0.25) is 0 Å². The summed E-state index contributed by atoms with van der Waals surface area (Å²) in [6, 6.07) is 13.5. The summed E-state index contributed by atoms with van der Waals surface area (Å²) >= 11 is 0. The number of carbonyl (C=O) groups excluding carboxylic acids is 1. The number of nitrogens with zero attached hydrogens (tertiary/aromatic N) is 1. The molecule has 0 heterocycles. The topological polar surface area (TPSA) is 29.4 Å². The number of amides is 1. The Hall–Kier alpha value is -4.55. The van der Waals surface area contributed by atoms with E-state index in [1.807, 2.05) is 0 Å². The van der Waals surface area contributed by atoms with Crippen LogP contribution in [0.1, 0.15) is 43.7 Å². The molecule has 0 radical (unpaired) electrons. The van der Waals surface area contributed by atoms with Crippen molar-refractivity contribution in [3.8, 4) is 0 Å². The molecule has 0 spiro atoms. The third-order valence-corrected chi connectivity index (χ3v) is 6.71. The highest BCUT2D eigenvalue weighted by Gasteiger charge is 2.42. The Balaban J connectivity index is 2.03. The van der Waals surface area contributed by atoms with Gasteiger partial charge in [0.15, 0.2) is 0 Å². The van der Waals surface area contributed by atoms with Crippen LogP contribution in [0, 0.1) is 11.6 Å². The molecule has 0 saturated heterocycles. The zero-order valence-corrected chi connectivity index (χ0v) is 22.0. The molecule has 1 amide bonds. The van der Waals surface area contributed by atoms with E-state index in [9.17, 15) is 53.1 Å². The molecule has 0 unspecified atom stereocenters. The summed E-state index contributed by atoms with van der Waals surface area (Å²) in [4.78, 5) is 16.7. The largest absolute Gasteiger partial charge is 0.419 e. The fraction of sp³-hybridized carbons (Fsp3) is 0.161. The lowest BCUT2D eigenvalue weighted by molar-refractivity contribution is -0.143. The Kier molecular flexibility index (Phi) is 8.72. The third-order valence-electron chi connectivity index (χ3n) is 6.71. The molecule has 0 fully saturated rings. The summed E-state index contributed by atoms with van der Waals surface area (Å²) < 4.78 is 151. The van der Waals surface area contributed by atoms with Crippen molar-refractivity contribution < 1.29 is 53.1 Å². The van der Waals surface area contributed by atoms with E-state index in [-0.39, 0.29) is 17.7 Å². The number of carbonyl (C=O) groups is 1. The van der Waals surface area contributed by atoms with Crippen molar-refractivity contribution in [1.82, 2.24) is 0 Å². The van der Waals surface area contributed by atoms with Crippen molar-refractivity contribution in [2.45, 2.75) is 30.4 Å². The number of rotatable bonds is 6. The molecule has 2 nitrogen and oxygen atoms in total. The van der Waals surface area contributed by atoms with Gasteiger partial charge in [0.05, 0.1) is 22.1 Å². The smallest absolute Gasteiger partial charge is 0.267 e. The SMILES string of the molecule is O=C(N=C[C@@](Cc1ccccc1)(c1ccc(F)cc1)c1cc(C(F)(F)F)cc(C(F)(F)F)c1)c1ccc(F)c(C(F)(F)F)c1. The highest BCUT2D eigenvalue weighted by Crippen LogP contribution is 2.42. The first-order valence-corrected chi connectivity index (χ1v) is 12.5. The minimum atomic E-state index is -5.26. The van der Waals surface area contributed by atoms with Crippen LogP contribution >= 0.6 is 0 Å². The lowest BCUT2D eigenvalue weighted by atomic mass is 9.70. The zero-order chi connectivity index (χ0) is 32.5. The Labute approximate surface area is 242 Å². The van der Waals surface area contributed by atoms with Gasteiger partial charge in [-0.3, -0.25) is 4.79 Å². The second-order valence-electron chi connectivity index (χ2n) is 9.69. The van der Waals surface area contributed by atoms with E-state index in [1.165, 1.54) is 24.3 Å². The molecule has 230 valence electrons. The highest BCUT2D eigenvalue weighted by atomic mass is 19.4. The van der Waals surface area contributed by atoms with E-state index >= 15 is 0 Å². The van der Waals surface area contributed by atoms with Gasteiger partial charge in [-0.1, -0.05) is 42.5 Å². The van der Waals surface area contributed by atoms with E-state index in [4.69, 9.17) is 0 Å². The van der Waals surface area contributed by atoms with Crippen LogP contribution in [0.3, 0.4) is 0 Å². The van der Waals surface area contributed by atoms with Crippen LogP contribution in [0.4, 0.5) is 48.3 Å². The van der Waals surface area contributed by atoms with Gasteiger partial charge < -0.3 is 0 Å². The highest BCUT2D eigenvalue weighted by molar-refractivity contribution is 6.01. The van der Waals surface area contributed by atoms with E-state index in [0.29, 0.717) is 36.0 Å². The molecule has 44 heavy (non-hydrogen) atoms. The molecular formula is C31H18F11NO. The molecule has 0 aliphatic carbocycles. The average Bonchev–Trinajstić information content (AvgIpc) is 2.94. The van der Waals surface area contributed by atoms with Gasteiger partial charge in [-0.15, -0.1) is 0 Å². The molecular weight excluding hydrogens is 611 g/mol. The summed E-state index contributed by atoms with van der Waals surface area (Å²) in [6.45, 7) is 0. The molecule has 0 aliphatic rings. The van der Waals surface area contributed by atoms with Crippen LogP contribution < -0.4 is 0 Å². The minimum absolute atomic E-state index is 0.0955. The summed E-state index contributed by atoms with van der Waals surface area (Å²) in [7, 11) is 0. The molecule has 13 heteroatoms. The molecule has 0 aliphatic heterocycles. The first-order chi connectivity index (χ1) is 20.4. The van der Waals surface area contributed by atoms with Gasteiger partial charge in [-0.2, -0.15) is 39.5 Å². The van der Waals surface area contributed by atoms with Crippen molar-refractivity contribution in [1.29, 1.82) is 0 Å². The van der Waals surface area contributed by atoms with Crippen LogP contribution in [0.2, 0.25) is 0 Å². The van der Waals surface area contributed by atoms with Crippen LogP contribution in [-0.4, -0.2) is 12.1 Å². The average molecular weight is 629 g/mol. The second kappa shape index (κ2) is 11.9. The monoisotopic (exact) mass is 629 g/mol. The molecule has 1 atom stereocenters. The van der Waals surface area contributed by atoms with Gasteiger partial charge >= 0.3 is 18.5 Å². The summed E-state index contributed by atoms with van der Waals surface area (Å²) in [5.41, 5.74) is -8.47. The fourth-order valence-corrected chi connectivity index (χ4v) is 4.56. The van der Waals surface area contributed by atoms with Gasteiger partial charge in [-0.25, -0.2) is 13.8 Å². The summed E-state index contributed by atoms with van der Waals surface area (Å²) in [5, 5.41) is 0. The maximum Gasteiger partial charge on any atom is 0.419 e. The quantitative estimate of drug-likeness (QED) is 0.154. The lowest BCUT2D eigenvalue weighted by Crippen LogP contribution is -2.34. The van der Waals surface area contributed by atoms with Crippen LogP contribution in [0.25, 0.3) is 0 Å². The van der Waals surface area contributed by atoms with Gasteiger partial charge in [-0.05, 0) is 71.6 Å². The molecule has 0 bridgehead atoms. The van der Waals surface area contributed by atoms with E-state index in [2.05, 4.69) is 4.99 Å². The maximum absolute atomic E-state index is 13.9. The number of aliphatic imine (C=N–C) groups is 1. The molecule has 4 aromatic rings. The first-order valence-electron chi connectivity index (χ1n) is 12.5. The van der Waals surface area contributed by atoms with Gasteiger partial charge in [0.25, 0.3) is 5.91 Å². The van der Waals surface area contributed by atoms with Crippen LogP contribution in [-0.2, 0) is 30.4 Å². The standard InChI is InChI=1S/C31H18F11NO/c32-24-9-7-20(8-10-24)28(16-18-4-2-1-3-5-18,21-13-22(29(34,35)36)15-23(14-21)30(37,38)39)17-43-27(44)19-6-11-26(33)25(12-19)31(40,41)42/h1-15,17H,16H2/t28-/m0/s1. The number of hydrogen-bond donors (Lipinski definition) is 0. The number of halogens is 11. The normalized spacial score (nSPS) is 14.1. The number of alkyl halides is 9. The van der Waals surface area contributed by atoms with Crippen molar-refractivity contribution in [3.05, 3.63) is 142 Å². The second-order valence-corrected chi connectivity index (χ2v) is 9.69. The van der Waals surface area contributed by atoms with Crippen molar-refractivity contribution in [2.75, 3.05) is 0 Å². The van der Waals surface area contributed by atoms with Gasteiger partial charge in [0.1, 0.15) is 11.6 Å². The number of benzene rings is 4. The Morgan fingerprint density at radius 2 is 1.16 bits per heavy atom. The van der Waals surface area contributed by atoms with E-state index in [0.717, 1.165) is 24.3 Å². The molecule has 4 aromatic carbocycles. The van der Waals surface area contributed by atoms with Crippen molar-refractivity contribution >= 4 is 12.1 Å². The maximum atomic E-state index is 13.9. The van der Waals surface area contributed by atoms with Crippen molar-refractivity contribution in [2.24, 2.45) is 4.99 Å². The Morgan fingerprint density at radius 3 is 1.68 bits per heavy atom.